The summed E-state index contributed by atoms with van der Waals surface area (Å²) >= 11 is 0. The molecule has 0 spiro atoms. The molecule has 0 aromatic heterocycles. The van der Waals surface area contributed by atoms with Crippen LogP contribution in [0.15, 0.2) is 0 Å². The van der Waals surface area contributed by atoms with Gasteiger partial charge in [0.1, 0.15) is 6.04 Å². The van der Waals surface area contributed by atoms with E-state index in [1.54, 1.807) is 20.8 Å². The van der Waals surface area contributed by atoms with Gasteiger partial charge in [-0.2, -0.15) is 0 Å². The SMILES string of the molecule is CC(C)(C)[C@H](NC(=O)C1(F)CC1)C(=O)N1CCC(O)(C(N)=O)C1. The summed E-state index contributed by atoms with van der Waals surface area (Å²) in [4.78, 5) is 37.3. The molecule has 1 saturated heterocycles. The molecular weight excluding hydrogens is 305 g/mol. The van der Waals surface area contributed by atoms with Crippen molar-refractivity contribution in [1.82, 2.24) is 10.2 Å². The highest BCUT2D eigenvalue weighted by Gasteiger charge is 2.53. The number of β-amino-alcohol motifs (C(OH)–C–C–N with tert-alkyl or cyclic N) is 1. The molecule has 23 heavy (non-hydrogen) atoms. The average molecular weight is 329 g/mol. The highest BCUT2D eigenvalue weighted by molar-refractivity contribution is 5.94. The lowest BCUT2D eigenvalue weighted by molar-refractivity contribution is -0.142. The Labute approximate surface area is 134 Å². The number of nitrogens with one attached hydrogen (secondary N) is 1. The summed E-state index contributed by atoms with van der Waals surface area (Å²) in [6.07, 6.45) is 0.371. The zero-order valence-electron chi connectivity index (χ0n) is 13.7. The third kappa shape index (κ3) is 3.46. The van der Waals surface area contributed by atoms with Gasteiger partial charge in [0.2, 0.25) is 5.91 Å². The largest absolute Gasteiger partial charge is 0.378 e. The fraction of sp³-hybridized carbons (Fsp3) is 0.800. The minimum absolute atomic E-state index is 0.0476. The monoisotopic (exact) mass is 329 g/mol. The van der Waals surface area contributed by atoms with Crippen LogP contribution in [-0.4, -0.2) is 58.1 Å². The van der Waals surface area contributed by atoms with E-state index in [-0.39, 0.29) is 32.4 Å². The molecule has 2 atom stereocenters. The Morgan fingerprint density at radius 3 is 2.22 bits per heavy atom. The number of amides is 3. The molecule has 1 unspecified atom stereocenters. The number of likely N-dealkylation sites (tertiary alicyclic amines) is 1. The molecule has 130 valence electrons. The summed E-state index contributed by atoms with van der Waals surface area (Å²) in [5.74, 6) is -2.12. The molecule has 1 aliphatic heterocycles. The molecule has 0 aromatic carbocycles. The first kappa shape index (κ1) is 17.7. The van der Waals surface area contributed by atoms with Gasteiger partial charge in [0, 0.05) is 13.0 Å². The molecule has 3 amide bonds. The van der Waals surface area contributed by atoms with Gasteiger partial charge in [0.05, 0.1) is 6.54 Å². The van der Waals surface area contributed by atoms with E-state index >= 15 is 0 Å². The van der Waals surface area contributed by atoms with E-state index in [9.17, 15) is 23.9 Å². The normalized spacial score (nSPS) is 27.4. The minimum atomic E-state index is -1.87. The fourth-order valence-corrected chi connectivity index (χ4v) is 2.61. The van der Waals surface area contributed by atoms with E-state index in [4.69, 9.17) is 5.73 Å². The number of hydrogen-bond donors (Lipinski definition) is 3. The Hall–Kier alpha value is -1.70. The number of hydrogen-bond acceptors (Lipinski definition) is 4. The summed E-state index contributed by atoms with van der Waals surface area (Å²) < 4.78 is 13.9. The molecule has 0 aromatic rings. The van der Waals surface area contributed by atoms with Crippen molar-refractivity contribution >= 4 is 17.7 Å². The van der Waals surface area contributed by atoms with Gasteiger partial charge < -0.3 is 21.1 Å². The second-order valence-electron chi connectivity index (χ2n) is 7.64. The number of nitrogens with zero attached hydrogens (tertiary/aromatic N) is 1. The fourth-order valence-electron chi connectivity index (χ4n) is 2.61. The first-order chi connectivity index (χ1) is 10.4. The van der Waals surface area contributed by atoms with Crippen molar-refractivity contribution < 1.29 is 23.9 Å². The van der Waals surface area contributed by atoms with Gasteiger partial charge in [0.25, 0.3) is 11.8 Å². The Kier molecular flexibility index (Phi) is 4.17. The molecule has 7 nitrogen and oxygen atoms in total. The van der Waals surface area contributed by atoms with E-state index in [0.717, 1.165) is 0 Å². The zero-order valence-corrected chi connectivity index (χ0v) is 13.7. The Morgan fingerprint density at radius 2 is 1.83 bits per heavy atom. The second kappa shape index (κ2) is 5.43. The number of carbonyl (C=O) groups excluding carboxylic acids is 3. The van der Waals surface area contributed by atoms with E-state index in [2.05, 4.69) is 5.32 Å². The van der Waals surface area contributed by atoms with Crippen molar-refractivity contribution in [1.29, 1.82) is 0 Å². The molecule has 0 bridgehead atoms. The van der Waals surface area contributed by atoms with E-state index in [1.807, 2.05) is 0 Å². The first-order valence-electron chi connectivity index (χ1n) is 7.70. The standard InChI is InChI=1S/C15H24FN3O4/c1-13(2,3)9(18-12(22)14(16)4-5-14)10(20)19-7-6-15(23,8-19)11(17)21/h9,23H,4-8H2,1-3H3,(H2,17,21)(H,18,22)/t9-,15?/m1/s1. The molecule has 2 rings (SSSR count). The predicted octanol–water partition coefficient (Wildman–Crippen LogP) is -0.532. The summed E-state index contributed by atoms with van der Waals surface area (Å²) in [5, 5.41) is 12.6. The molecular formula is C15H24FN3O4. The maximum atomic E-state index is 13.9. The average Bonchev–Trinajstić information content (AvgIpc) is 3.04. The summed E-state index contributed by atoms with van der Waals surface area (Å²) in [6.45, 7) is 5.20. The second-order valence-corrected chi connectivity index (χ2v) is 7.64. The van der Waals surface area contributed by atoms with E-state index in [1.165, 1.54) is 4.90 Å². The molecule has 1 aliphatic carbocycles. The molecule has 1 heterocycles. The van der Waals surface area contributed by atoms with Crippen molar-refractivity contribution in [2.45, 2.75) is 57.3 Å². The summed E-state index contributed by atoms with van der Waals surface area (Å²) in [6, 6.07) is -0.946. The lowest BCUT2D eigenvalue weighted by Crippen LogP contribution is -2.57. The van der Waals surface area contributed by atoms with Gasteiger partial charge in [-0.25, -0.2) is 4.39 Å². The number of alkyl halides is 1. The van der Waals surface area contributed by atoms with Crippen LogP contribution in [0.5, 0.6) is 0 Å². The maximum absolute atomic E-state index is 13.9. The van der Waals surface area contributed by atoms with Gasteiger partial charge in [0.15, 0.2) is 11.3 Å². The van der Waals surface area contributed by atoms with Crippen molar-refractivity contribution in [2.24, 2.45) is 11.1 Å². The number of halogens is 1. The highest BCUT2D eigenvalue weighted by Crippen LogP contribution is 2.40. The van der Waals surface area contributed by atoms with Crippen molar-refractivity contribution in [3.8, 4) is 0 Å². The van der Waals surface area contributed by atoms with Crippen LogP contribution >= 0.6 is 0 Å². The van der Waals surface area contributed by atoms with E-state index in [0.29, 0.717) is 0 Å². The topological polar surface area (TPSA) is 113 Å². The van der Waals surface area contributed by atoms with E-state index < -0.39 is 40.4 Å². The predicted molar refractivity (Wildman–Crippen MR) is 79.8 cm³/mol. The third-order valence-electron chi connectivity index (χ3n) is 4.50. The Balaban J connectivity index is 2.12. The maximum Gasteiger partial charge on any atom is 0.258 e. The molecule has 2 fully saturated rings. The number of nitrogens with two attached hydrogens (primary N) is 1. The number of rotatable bonds is 4. The van der Waals surface area contributed by atoms with Crippen molar-refractivity contribution in [3.05, 3.63) is 0 Å². The third-order valence-corrected chi connectivity index (χ3v) is 4.50. The van der Waals surface area contributed by atoms with Crippen LogP contribution in [0.2, 0.25) is 0 Å². The number of carbonyl (C=O) groups is 3. The Bertz CT molecular complexity index is 541. The van der Waals surface area contributed by atoms with Crippen LogP contribution in [-0.2, 0) is 14.4 Å². The number of primary amides is 1. The molecule has 4 N–H and O–H groups in total. The first-order valence-corrected chi connectivity index (χ1v) is 7.70. The van der Waals surface area contributed by atoms with Crippen LogP contribution in [0.4, 0.5) is 4.39 Å². The van der Waals surface area contributed by atoms with Crippen molar-refractivity contribution in [3.63, 3.8) is 0 Å². The van der Waals surface area contributed by atoms with Gasteiger partial charge in [-0.15, -0.1) is 0 Å². The number of aliphatic hydroxyl groups is 1. The van der Waals surface area contributed by atoms with Gasteiger partial charge in [-0.3, -0.25) is 14.4 Å². The highest BCUT2D eigenvalue weighted by atomic mass is 19.1. The molecule has 2 aliphatic rings. The summed E-state index contributed by atoms with van der Waals surface area (Å²) in [5.41, 5.74) is 0.886. The molecule has 8 heteroatoms. The van der Waals surface area contributed by atoms with Gasteiger partial charge in [-0.1, -0.05) is 20.8 Å². The van der Waals surface area contributed by atoms with Crippen LogP contribution < -0.4 is 11.1 Å². The van der Waals surface area contributed by atoms with Crippen LogP contribution in [0.25, 0.3) is 0 Å². The lowest BCUT2D eigenvalue weighted by Gasteiger charge is -2.34. The van der Waals surface area contributed by atoms with Crippen molar-refractivity contribution in [2.75, 3.05) is 13.1 Å². The zero-order chi connectivity index (χ0) is 17.6. The summed E-state index contributed by atoms with van der Waals surface area (Å²) in [7, 11) is 0. The smallest absolute Gasteiger partial charge is 0.258 e. The van der Waals surface area contributed by atoms with Gasteiger partial charge >= 0.3 is 0 Å². The molecule has 1 saturated carbocycles. The van der Waals surface area contributed by atoms with Crippen LogP contribution in [0.3, 0.4) is 0 Å². The quantitative estimate of drug-likeness (QED) is 0.643. The van der Waals surface area contributed by atoms with Gasteiger partial charge in [-0.05, 0) is 18.3 Å². The Morgan fingerprint density at radius 1 is 1.26 bits per heavy atom. The van der Waals surface area contributed by atoms with Crippen LogP contribution in [0, 0.1) is 5.41 Å². The molecule has 0 radical (unpaired) electrons. The lowest BCUT2D eigenvalue weighted by atomic mass is 9.85. The minimum Gasteiger partial charge on any atom is -0.378 e. The van der Waals surface area contributed by atoms with Crippen LogP contribution in [0.1, 0.15) is 40.0 Å².